The number of halogens is 10. The molecule has 0 unspecified atom stereocenters. The Balaban J connectivity index is 1.79. The van der Waals surface area contributed by atoms with Crippen LogP contribution in [0.5, 0.6) is 11.5 Å². The molecule has 0 radical (unpaired) electrons. The van der Waals surface area contributed by atoms with E-state index in [0.717, 1.165) is 29.2 Å². The van der Waals surface area contributed by atoms with Gasteiger partial charge in [0.15, 0.2) is 0 Å². The van der Waals surface area contributed by atoms with E-state index in [1.807, 2.05) is 0 Å². The number of carbonyl (C=O) groups excluding carboxylic acids is 1. The summed E-state index contributed by atoms with van der Waals surface area (Å²) in [6, 6.07) is 4.42. The molecule has 0 spiro atoms. The molecule has 0 aromatic heterocycles. The van der Waals surface area contributed by atoms with Crippen LogP contribution in [0.4, 0.5) is 44.3 Å². The van der Waals surface area contributed by atoms with Gasteiger partial charge in [-0.1, -0.05) is 17.7 Å². The van der Waals surface area contributed by atoms with E-state index < -0.39 is 71.3 Å². The Morgan fingerprint density at radius 3 is 1.95 bits per heavy atom. The fourth-order valence-corrected chi connectivity index (χ4v) is 4.73. The number of phenols is 1. The topological polar surface area (TPSA) is 59.0 Å². The first-order chi connectivity index (χ1) is 19.3. The van der Waals surface area contributed by atoms with Gasteiger partial charge in [-0.3, -0.25) is 4.90 Å². The number of hydrogen-bond donors (Lipinski definition) is 1. The highest BCUT2D eigenvalue weighted by molar-refractivity contribution is 6.32. The van der Waals surface area contributed by atoms with Gasteiger partial charge in [-0.05, 0) is 60.0 Å². The molecular weight excluding hydrogens is 609 g/mol. The van der Waals surface area contributed by atoms with Crippen molar-refractivity contribution < 1.29 is 58.9 Å². The summed E-state index contributed by atoms with van der Waals surface area (Å²) in [5.41, 5.74) is -4.94. The number of hydrogen-bond acceptors (Lipinski definition) is 4. The number of ether oxygens (including phenoxy) is 2. The fraction of sp³-hybridized carbons (Fsp3) is 0.296. The lowest BCUT2D eigenvalue weighted by Gasteiger charge is -2.24. The molecule has 15 heteroatoms. The highest BCUT2D eigenvalue weighted by Gasteiger charge is 2.44. The van der Waals surface area contributed by atoms with Gasteiger partial charge in [-0.15, -0.1) is 0 Å². The van der Waals surface area contributed by atoms with Crippen molar-refractivity contribution in [2.75, 3.05) is 7.11 Å². The van der Waals surface area contributed by atoms with Crippen molar-refractivity contribution in [3.63, 3.8) is 0 Å². The number of methoxy groups -OCH3 is 1. The molecule has 42 heavy (non-hydrogen) atoms. The zero-order valence-corrected chi connectivity index (χ0v) is 22.1. The third-order valence-corrected chi connectivity index (χ3v) is 6.97. The number of nitrogens with zero attached hydrogens (tertiary/aromatic N) is 1. The van der Waals surface area contributed by atoms with E-state index in [1.165, 1.54) is 20.1 Å². The number of carbonyl (C=O) groups is 1. The number of amides is 1. The quantitative estimate of drug-likeness (QED) is 0.287. The molecule has 3 aromatic carbocycles. The normalized spacial score (nSPS) is 17.9. The molecule has 1 amide bonds. The van der Waals surface area contributed by atoms with Gasteiger partial charge in [-0.2, -0.15) is 39.5 Å². The van der Waals surface area contributed by atoms with Crippen LogP contribution in [0.3, 0.4) is 0 Å². The molecule has 3 aromatic rings. The number of phenolic OH excluding ortho intramolecular Hbond substituents is 1. The van der Waals surface area contributed by atoms with Gasteiger partial charge in [-0.25, -0.2) is 4.79 Å². The molecule has 1 aliphatic rings. The van der Waals surface area contributed by atoms with Gasteiger partial charge < -0.3 is 14.6 Å². The third-order valence-electron chi connectivity index (χ3n) is 6.66. The second kappa shape index (κ2) is 10.8. The van der Waals surface area contributed by atoms with Gasteiger partial charge in [0.25, 0.3) is 0 Å². The zero-order chi connectivity index (χ0) is 31.4. The summed E-state index contributed by atoms with van der Waals surface area (Å²) in [5, 5.41) is 10.0. The molecule has 4 rings (SSSR count). The van der Waals surface area contributed by atoms with Crippen LogP contribution in [-0.2, 0) is 29.8 Å². The SMILES string of the molecule is COc1cc(Cl)c(O)cc1-c1ccc(C(F)(F)F)cc1CN1C(=O)O[C@H](c2cc(C(F)(F)F)cc(C(F)(F)F)c2)[C@@H]1C. The lowest BCUT2D eigenvalue weighted by Crippen LogP contribution is -2.32. The minimum absolute atomic E-state index is 0.0531. The summed E-state index contributed by atoms with van der Waals surface area (Å²) in [4.78, 5) is 13.7. The molecule has 2 atom stereocenters. The fourth-order valence-electron chi connectivity index (χ4n) is 4.57. The van der Waals surface area contributed by atoms with E-state index in [0.29, 0.717) is 12.1 Å². The lowest BCUT2D eigenvalue weighted by molar-refractivity contribution is -0.143. The Hall–Kier alpha value is -3.81. The number of cyclic esters (lactones) is 1. The van der Waals surface area contributed by atoms with Gasteiger partial charge in [0.1, 0.15) is 17.6 Å². The van der Waals surface area contributed by atoms with E-state index in [-0.39, 0.29) is 33.5 Å². The first kappa shape index (κ1) is 31.1. The molecule has 1 aliphatic heterocycles. The molecular formula is C27H19ClF9NO4. The van der Waals surface area contributed by atoms with Crippen LogP contribution >= 0.6 is 11.6 Å². The third kappa shape index (κ3) is 6.18. The molecule has 5 nitrogen and oxygen atoms in total. The molecule has 0 saturated carbocycles. The summed E-state index contributed by atoms with van der Waals surface area (Å²) in [6.45, 7) is 0.665. The predicted octanol–water partition coefficient (Wildman–Crippen LogP) is 8.86. The maximum atomic E-state index is 13.6. The maximum absolute atomic E-state index is 13.6. The van der Waals surface area contributed by atoms with Crippen LogP contribution < -0.4 is 4.74 Å². The van der Waals surface area contributed by atoms with E-state index >= 15 is 0 Å². The first-order valence-corrected chi connectivity index (χ1v) is 12.2. The number of benzene rings is 3. The van der Waals surface area contributed by atoms with Gasteiger partial charge >= 0.3 is 24.6 Å². The standard InChI is InChI=1S/C27H19ClF9NO4/c1-12-23(13-5-16(26(32,33)34)8-17(6-13)27(35,36)37)42-24(40)38(12)11-14-7-15(25(29,30)31)3-4-18(14)19-9-21(39)20(28)10-22(19)41-2/h3-10,12,23,39H,11H2,1-2H3/t12-,23-/m0/s1. The van der Waals surface area contributed by atoms with Crippen LogP contribution in [-0.4, -0.2) is 29.3 Å². The summed E-state index contributed by atoms with van der Waals surface area (Å²) in [6.07, 6.45) is -17.9. The smallest absolute Gasteiger partial charge is 0.416 e. The first-order valence-electron chi connectivity index (χ1n) is 11.8. The Morgan fingerprint density at radius 1 is 0.857 bits per heavy atom. The monoisotopic (exact) mass is 627 g/mol. The van der Waals surface area contributed by atoms with Gasteiger partial charge in [0, 0.05) is 11.6 Å². The molecule has 0 bridgehead atoms. The molecule has 1 fully saturated rings. The Labute approximate surface area is 237 Å². The number of aromatic hydroxyl groups is 1. The number of rotatable bonds is 5. The minimum atomic E-state index is -5.16. The Kier molecular flexibility index (Phi) is 8.00. The summed E-state index contributed by atoms with van der Waals surface area (Å²) < 4.78 is 132. The van der Waals surface area contributed by atoms with Crippen molar-refractivity contribution in [2.45, 2.75) is 44.1 Å². The van der Waals surface area contributed by atoms with Crippen molar-refractivity contribution in [2.24, 2.45) is 0 Å². The Bertz CT molecular complexity index is 1490. The van der Waals surface area contributed by atoms with Crippen LogP contribution in [0.15, 0.2) is 48.5 Å². The molecule has 1 heterocycles. The van der Waals surface area contributed by atoms with E-state index in [4.69, 9.17) is 21.1 Å². The van der Waals surface area contributed by atoms with E-state index in [1.54, 1.807) is 0 Å². The Morgan fingerprint density at radius 2 is 1.43 bits per heavy atom. The van der Waals surface area contributed by atoms with Crippen molar-refractivity contribution in [3.05, 3.63) is 81.4 Å². The second-order valence-corrected chi connectivity index (χ2v) is 9.79. The number of alkyl halides is 9. The highest BCUT2D eigenvalue weighted by Crippen LogP contribution is 2.44. The van der Waals surface area contributed by atoms with Gasteiger partial charge in [0.2, 0.25) is 0 Å². The van der Waals surface area contributed by atoms with Gasteiger partial charge in [0.05, 0.1) is 41.4 Å². The largest absolute Gasteiger partial charge is 0.506 e. The van der Waals surface area contributed by atoms with Crippen LogP contribution in [0.25, 0.3) is 11.1 Å². The summed E-state index contributed by atoms with van der Waals surface area (Å²) in [7, 11) is 1.24. The minimum Gasteiger partial charge on any atom is -0.506 e. The zero-order valence-electron chi connectivity index (χ0n) is 21.4. The lowest BCUT2D eigenvalue weighted by atomic mass is 9.94. The average molecular weight is 628 g/mol. The molecule has 226 valence electrons. The van der Waals surface area contributed by atoms with Crippen LogP contribution in [0.2, 0.25) is 5.02 Å². The average Bonchev–Trinajstić information content (AvgIpc) is 3.16. The van der Waals surface area contributed by atoms with Crippen molar-refractivity contribution in [1.29, 1.82) is 0 Å². The predicted molar refractivity (Wildman–Crippen MR) is 131 cm³/mol. The summed E-state index contributed by atoms with van der Waals surface area (Å²) >= 11 is 5.92. The molecule has 1 saturated heterocycles. The van der Waals surface area contributed by atoms with Crippen molar-refractivity contribution in [1.82, 2.24) is 4.90 Å². The summed E-state index contributed by atoms with van der Waals surface area (Å²) in [5.74, 6) is -0.380. The molecule has 1 N–H and O–H groups in total. The maximum Gasteiger partial charge on any atom is 0.416 e. The highest BCUT2D eigenvalue weighted by atomic mass is 35.5. The van der Waals surface area contributed by atoms with E-state index in [9.17, 15) is 49.4 Å². The van der Waals surface area contributed by atoms with Crippen molar-refractivity contribution >= 4 is 17.7 Å². The van der Waals surface area contributed by atoms with E-state index in [2.05, 4.69) is 0 Å². The second-order valence-electron chi connectivity index (χ2n) is 9.39. The van der Waals surface area contributed by atoms with Crippen LogP contribution in [0, 0.1) is 0 Å². The van der Waals surface area contributed by atoms with Crippen LogP contribution in [0.1, 0.15) is 40.8 Å². The van der Waals surface area contributed by atoms with Crippen molar-refractivity contribution in [3.8, 4) is 22.6 Å². The molecule has 0 aliphatic carbocycles.